The molecule has 0 atom stereocenters. The number of rotatable bonds is 4. The van der Waals surface area contributed by atoms with Gasteiger partial charge in [-0.25, -0.2) is 4.99 Å². The second-order valence-electron chi connectivity index (χ2n) is 4.85. The first-order chi connectivity index (χ1) is 10.6. The Morgan fingerprint density at radius 3 is 2.95 bits per heavy atom. The monoisotopic (exact) mass is 314 g/mol. The van der Waals surface area contributed by atoms with E-state index in [-0.39, 0.29) is 11.7 Å². The minimum absolute atomic E-state index is 0.00266. The lowest BCUT2D eigenvalue weighted by molar-refractivity contribution is -0.124. The maximum absolute atomic E-state index is 12.0. The summed E-state index contributed by atoms with van der Waals surface area (Å²) in [6.07, 6.45) is 1.58. The van der Waals surface area contributed by atoms with E-state index in [2.05, 4.69) is 4.99 Å². The van der Waals surface area contributed by atoms with E-state index >= 15 is 0 Å². The van der Waals surface area contributed by atoms with Crippen LogP contribution in [0.1, 0.15) is 23.0 Å². The fourth-order valence-corrected chi connectivity index (χ4v) is 3.00. The van der Waals surface area contributed by atoms with Crippen LogP contribution >= 0.6 is 11.8 Å². The number of hydrogen-bond acceptors (Lipinski definition) is 5. The first-order valence-electron chi connectivity index (χ1n) is 6.79. The van der Waals surface area contributed by atoms with Crippen LogP contribution in [0.25, 0.3) is 0 Å². The van der Waals surface area contributed by atoms with Gasteiger partial charge in [-0.2, -0.15) is 0 Å². The Bertz CT molecular complexity index is 738. The Morgan fingerprint density at radius 2 is 2.23 bits per heavy atom. The Balaban J connectivity index is 1.87. The number of thioether (sulfide) groups is 1. The van der Waals surface area contributed by atoms with E-state index in [1.165, 1.54) is 18.7 Å². The smallest absolute Gasteiger partial charge is 0.239 e. The van der Waals surface area contributed by atoms with E-state index in [1.54, 1.807) is 35.4 Å². The van der Waals surface area contributed by atoms with Gasteiger partial charge in [0.05, 0.1) is 24.2 Å². The quantitative estimate of drug-likeness (QED) is 0.813. The van der Waals surface area contributed by atoms with Gasteiger partial charge in [-0.15, -0.1) is 0 Å². The summed E-state index contributed by atoms with van der Waals surface area (Å²) in [6.45, 7) is 1.88. The number of amidine groups is 1. The third kappa shape index (κ3) is 3.12. The highest BCUT2D eigenvalue weighted by atomic mass is 32.2. The predicted molar refractivity (Wildman–Crippen MR) is 85.3 cm³/mol. The number of carbonyl (C=O) groups is 2. The average molecular weight is 314 g/mol. The van der Waals surface area contributed by atoms with E-state index in [0.29, 0.717) is 34.5 Å². The highest BCUT2D eigenvalue weighted by Gasteiger charge is 2.29. The number of aliphatic imine (C=N–C) groups is 1. The van der Waals surface area contributed by atoms with E-state index in [0.717, 1.165) is 0 Å². The van der Waals surface area contributed by atoms with Gasteiger partial charge in [-0.05, 0) is 31.2 Å². The van der Waals surface area contributed by atoms with Gasteiger partial charge in [-0.1, -0.05) is 23.9 Å². The van der Waals surface area contributed by atoms with Crippen LogP contribution in [0.4, 0.5) is 5.69 Å². The highest BCUT2D eigenvalue weighted by Crippen LogP contribution is 2.26. The lowest BCUT2D eigenvalue weighted by Crippen LogP contribution is -2.28. The Morgan fingerprint density at radius 1 is 1.36 bits per heavy atom. The number of Topliss-reactive ketones (excluding diaryl/α,β-unsaturated/α-hetero) is 1. The first kappa shape index (κ1) is 14.6. The number of hydrogen-bond donors (Lipinski definition) is 0. The minimum Gasteiger partial charge on any atom is -0.467 e. The fraction of sp³-hybridized carbons (Fsp3) is 0.188. The van der Waals surface area contributed by atoms with Crippen molar-refractivity contribution < 1.29 is 14.0 Å². The molecule has 0 radical (unpaired) electrons. The summed E-state index contributed by atoms with van der Waals surface area (Å²) in [4.78, 5) is 29.5. The molecule has 1 aliphatic heterocycles. The molecule has 1 aromatic carbocycles. The largest absolute Gasteiger partial charge is 0.467 e. The number of benzene rings is 1. The van der Waals surface area contributed by atoms with Crippen LogP contribution in [-0.4, -0.2) is 27.5 Å². The molecule has 6 heteroatoms. The standard InChI is InChI=1S/C16H14N2O3S/c1-11(19)12-4-2-5-13(8-12)17-16-18(15(20)10-22-16)9-14-6-3-7-21-14/h2-8H,9-10H2,1H3. The maximum Gasteiger partial charge on any atom is 0.239 e. The van der Waals surface area contributed by atoms with Crippen molar-refractivity contribution in [3.05, 3.63) is 54.0 Å². The molecule has 5 nitrogen and oxygen atoms in total. The second-order valence-corrected chi connectivity index (χ2v) is 5.79. The SMILES string of the molecule is CC(=O)c1cccc(N=C2SCC(=O)N2Cc2ccco2)c1. The number of furan rings is 1. The number of carbonyl (C=O) groups excluding carboxylic acids is 2. The molecule has 3 rings (SSSR count). The molecular weight excluding hydrogens is 300 g/mol. The Hall–Kier alpha value is -2.34. The lowest BCUT2D eigenvalue weighted by atomic mass is 10.1. The number of nitrogens with zero attached hydrogens (tertiary/aromatic N) is 2. The summed E-state index contributed by atoms with van der Waals surface area (Å²) in [6, 6.07) is 10.7. The van der Waals surface area contributed by atoms with Crippen LogP contribution in [0, 0.1) is 0 Å². The second kappa shape index (κ2) is 6.19. The summed E-state index contributed by atoms with van der Waals surface area (Å²) in [7, 11) is 0. The molecule has 2 aromatic rings. The molecule has 112 valence electrons. The topological polar surface area (TPSA) is 62.9 Å². The van der Waals surface area contributed by atoms with Crippen molar-refractivity contribution in [1.82, 2.24) is 4.90 Å². The molecule has 0 spiro atoms. The summed E-state index contributed by atoms with van der Waals surface area (Å²) in [5, 5.41) is 0.627. The molecule has 0 N–H and O–H groups in total. The van der Waals surface area contributed by atoms with Gasteiger partial charge in [0.1, 0.15) is 5.76 Å². The average Bonchev–Trinajstić information content (AvgIpc) is 3.13. The highest BCUT2D eigenvalue weighted by molar-refractivity contribution is 8.15. The predicted octanol–water partition coefficient (Wildman–Crippen LogP) is 3.25. The van der Waals surface area contributed by atoms with E-state index in [9.17, 15) is 9.59 Å². The van der Waals surface area contributed by atoms with Crippen molar-refractivity contribution >= 4 is 34.3 Å². The van der Waals surface area contributed by atoms with Crippen LogP contribution in [0.15, 0.2) is 52.1 Å². The van der Waals surface area contributed by atoms with Crippen molar-refractivity contribution in [2.45, 2.75) is 13.5 Å². The fourth-order valence-electron chi connectivity index (χ4n) is 2.10. The van der Waals surface area contributed by atoms with Crippen molar-refractivity contribution in [1.29, 1.82) is 0 Å². The zero-order valence-corrected chi connectivity index (χ0v) is 12.8. The zero-order chi connectivity index (χ0) is 15.5. The molecular formula is C16H14N2O3S. The van der Waals surface area contributed by atoms with E-state index in [4.69, 9.17) is 4.42 Å². The van der Waals surface area contributed by atoms with Crippen LogP contribution in [0.3, 0.4) is 0 Å². The number of ketones is 1. The van der Waals surface area contributed by atoms with E-state index in [1.807, 2.05) is 12.1 Å². The third-order valence-corrected chi connectivity index (χ3v) is 4.19. The molecule has 1 fully saturated rings. The molecule has 1 aromatic heterocycles. The van der Waals surface area contributed by atoms with Gasteiger partial charge in [0, 0.05) is 5.56 Å². The van der Waals surface area contributed by atoms with Crippen molar-refractivity contribution in [2.24, 2.45) is 4.99 Å². The Kier molecular flexibility index (Phi) is 4.11. The van der Waals surface area contributed by atoms with Crippen LogP contribution in [-0.2, 0) is 11.3 Å². The molecule has 1 aliphatic rings. The third-order valence-electron chi connectivity index (χ3n) is 3.23. The van der Waals surface area contributed by atoms with Crippen LogP contribution in [0.2, 0.25) is 0 Å². The van der Waals surface area contributed by atoms with Gasteiger partial charge < -0.3 is 4.42 Å². The van der Waals surface area contributed by atoms with Crippen molar-refractivity contribution in [3.63, 3.8) is 0 Å². The van der Waals surface area contributed by atoms with Crippen molar-refractivity contribution in [3.8, 4) is 0 Å². The molecule has 0 unspecified atom stereocenters. The van der Waals surface area contributed by atoms with Gasteiger partial charge in [0.25, 0.3) is 0 Å². The Labute approximate surface area is 132 Å². The summed E-state index contributed by atoms with van der Waals surface area (Å²) in [5.41, 5.74) is 1.27. The minimum atomic E-state index is -0.00959. The first-order valence-corrected chi connectivity index (χ1v) is 7.77. The summed E-state index contributed by atoms with van der Waals surface area (Å²) >= 11 is 1.39. The van der Waals surface area contributed by atoms with Gasteiger partial charge >= 0.3 is 0 Å². The van der Waals surface area contributed by atoms with Crippen LogP contribution in [0.5, 0.6) is 0 Å². The maximum atomic E-state index is 12.0. The van der Waals surface area contributed by atoms with Crippen LogP contribution < -0.4 is 0 Å². The van der Waals surface area contributed by atoms with E-state index < -0.39 is 0 Å². The lowest BCUT2D eigenvalue weighted by Gasteiger charge is -2.14. The molecule has 0 aliphatic carbocycles. The molecule has 1 amide bonds. The molecule has 22 heavy (non-hydrogen) atoms. The number of amides is 1. The van der Waals surface area contributed by atoms with Gasteiger partial charge in [0.2, 0.25) is 5.91 Å². The molecule has 0 bridgehead atoms. The summed E-state index contributed by atoms with van der Waals surface area (Å²) < 4.78 is 5.29. The van der Waals surface area contributed by atoms with Gasteiger partial charge in [0.15, 0.2) is 11.0 Å². The summed E-state index contributed by atoms with van der Waals surface area (Å²) in [5.74, 6) is 1.07. The normalized spacial score (nSPS) is 16.5. The van der Waals surface area contributed by atoms with Gasteiger partial charge in [-0.3, -0.25) is 14.5 Å². The molecule has 2 heterocycles. The molecule has 0 saturated carbocycles. The van der Waals surface area contributed by atoms with Crippen molar-refractivity contribution in [2.75, 3.05) is 5.75 Å². The zero-order valence-electron chi connectivity index (χ0n) is 12.0. The molecule has 1 saturated heterocycles.